The first-order valence-electron chi connectivity index (χ1n) is 5.76. The third-order valence-corrected chi connectivity index (χ3v) is 2.60. The van der Waals surface area contributed by atoms with Gasteiger partial charge in [0.05, 0.1) is 5.71 Å². The van der Waals surface area contributed by atoms with Crippen LogP contribution in [0.3, 0.4) is 0 Å². The molecule has 7 heteroatoms. The van der Waals surface area contributed by atoms with Gasteiger partial charge in [-0.05, 0) is 25.1 Å². The zero-order valence-corrected chi connectivity index (χ0v) is 10.6. The second-order valence-electron chi connectivity index (χ2n) is 4.03. The Morgan fingerprint density at radius 1 is 1.35 bits per heavy atom. The van der Waals surface area contributed by atoms with E-state index in [0.717, 1.165) is 0 Å². The van der Waals surface area contributed by atoms with E-state index < -0.39 is 5.91 Å². The summed E-state index contributed by atoms with van der Waals surface area (Å²) in [6.07, 6.45) is 0. The van der Waals surface area contributed by atoms with Gasteiger partial charge in [0.15, 0.2) is 0 Å². The van der Waals surface area contributed by atoms with Crippen LogP contribution in [-0.2, 0) is 0 Å². The van der Waals surface area contributed by atoms with Crippen LogP contribution in [0.4, 0.5) is 5.69 Å². The molecule has 3 N–H and O–H groups in total. The van der Waals surface area contributed by atoms with Gasteiger partial charge in [0.1, 0.15) is 5.69 Å². The number of aromatic amines is 1. The molecule has 2 rings (SSSR count). The van der Waals surface area contributed by atoms with E-state index in [2.05, 4.69) is 20.7 Å². The van der Waals surface area contributed by atoms with E-state index in [1.54, 1.807) is 31.2 Å². The molecule has 102 valence electrons. The van der Waals surface area contributed by atoms with Gasteiger partial charge in [0, 0.05) is 17.3 Å². The monoisotopic (exact) mass is 272 g/mol. The molecule has 0 saturated carbocycles. The van der Waals surface area contributed by atoms with Gasteiger partial charge in [-0.25, -0.2) is 5.10 Å². The van der Waals surface area contributed by atoms with Crippen LogP contribution in [0, 0.1) is 0 Å². The summed E-state index contributed by atoms with van der Waals surface area (Å²) in [5, 5.41) is 20.3. The quantitative estimate of drug-likeness (QED) is 0.443. The van der Waals surface area contributed by atoms with Gasteiger partial charge in [-0.1, -0.05) is 17.3 Å². The molecule has 0 fully saturated rings. The first kappa shape index (κ1) is 13.5. The van der Waals surface area contributed by atoms with E-state index in [4.69, 9.17) is 5.21 Å². The summed E-state index contributed by atoms with van der Waals surface area (Å²) < 4.78 is 0. The zero-order valence-electron chi connectivity index (χ0n) is 10.6. The highest BCUT2D eigenvalue weighted by atomic mass is 16.4. The molecule has 0 aliphatic carbocycles. The molecule has 0 unspecified atom stereocenters. The summed E-state index contributed by atoms with van der Waals surface area (Å²) in [4.78, 5) is 22.8. The van der Waals surface area contributed by atoms with Crippen LogP contribution in [-0.4, -0.2) is 27.0 Å². The third kappa shape index (κ3) is 3.08. The van der Waals surface area contributed by atoms with Gasteiger partial charge in [0.2, 0.25) is 0 Å². The highest BCUT2D eigenvalue weighted by Crippen LogP contribution is 2.12. The smallest absolute Gasteiger partial charge is 0.276 e. The number of aromatic nitrogens is 2. The van der Waals surface area contributed by atoms with Gasteiger partial charge in [-0.15, -0.1) is 0 Å². The summed E-state index contributed by atoms with van der Waals surface area (Å²) in [5.41, 5.74) is 1.37. The van der Waals surface area contributed by atoms with E-state index >= 15 is 0 Å². The number of hydrogen-bond donors (Lipinski definition) is 3. The number of hydrogen-bond acceptors (Lipinski definition) is 5. The maximum Gasteiger partial charge on any atom is 0.276 e. The first-order valence-corrected chi connectivity index (χ1v) is 5.76. The van der Waals surface area contributed by atoms with Crippen LogP contribution < -0.4 is 10.9 Å². The molecule has 0 radical (unpaired) electrons. The van der Waals surface area contributed by atoms with E-state index in [9.17, 15) is 9.59 Å². The minimum Gasteiger partial charge on any atom is -0.411 e. The molecule has 0 spiro atoms. The largest absolute Gasteiger partial charge is 0.411 e. The molecule has 1 heterocycles. The van der Waals surface area contributed by atoms with Crippen molar-refractivity contribution in [1.29, 1.82) is 0 Å². The highest BCUT2D eigenvalue weighted by molar-refractivity contribution is 6.04. The normalized spacial score (nSPS) is 11.2. The Morgan fingerprint density at radius 3 is 2.80 bits per heavy atom. The number of rotatable bonds is 3. The SMILES string of the molecule is C/C(=N/O)c1cccc(NC(=O)c2ccc(=O)[nH]n2)c1. The fraction of sp³-hybridized carbons (Fsp3) is 0.0769. The van der Waals surface area contributed by atoms with Gasteiger partial charge in [0.25, 0.3) is 11.5 Å². The number of nitrogens with one attached hydrogen (secondary N) is 2. The van der Waals surface area contributed by atoms with Crippen molar-refractivity contribution in [1.82, 2.24) is 10.2 Å². The molecule has 7 nitrogen and oxygen atoms in total. The van der Waals surface area contributed by atoms with Crippen molar-refractivity contribution in [2.45, 2.75) is 6.92 Å². The molecule has 0 bridgehead atoms. The Morgan fingerprint density at radius 2 is 2.15 bits per heavy atom. The number of amides is 1. The molecule has 0 aliphatic rings. The minimum absolute atomic E-state index is 0.0996. The van der Waals surface area contributed by atoms with Crippen LogP contribution in [0.2, 0.25) is 0 Å². The molecule has 1 aromatic heterocycles. The molecule has 1 amide bonds. The maximum atomic E-state index is 11.9. The number of nitrogens with zero attached hydrogens (tertiary/aromatic N) is 2. The van der Waals surface area contributed by atoms with Crippen LogP contribution >= 0.6 is 0 Å². The van der Waals surface area contributed by atoms with E-state index in [1.807, 2.05) is 0 Å². The van der Waals surface area contributed by atoms with Crippen molar-refractivity contribution < 1.29 is 10.0 Å². The topological polar surface area (TPSA) is 107 Å². The number of carbonyl (C=O) groups is 1. The third-order valence-electron chi connectivity index (χ3n) is 2.60. The maximum absolute atomic E-state index is 11.9. The minimum atomic E-state index is -0.447. The number of anilines is 1. The average molecular weight is 272 g/mol. The molecule has 20 heavy (non-hydrogen) atoms. The Kier molecular flexibility index (Phi) is 3.90. The van der Waals surface area contributed by atoms with E-state index in [0.29, 0.717) is 17.0 Å². The van der Waals surface area contributed by atoms with Gasteiger partial charge < -0.3 is 10.5 Å². The molecular weight excluding hydrogens is 260 g/mol. The Hall–Kier alpha value is -2.96. The van der Waals surface area contributed by atoms with Gasteiger partial charge in [-0.2, -0.15) is 5.10 Å². The van der Waals surface area contributed by atoms with Crippen molar-refractivity contribution in [3.63, 3.8) is 0 Å². The van der Waals surface area contributed by atoms with Crippen LogP contribution in [0.1, 0.15) is 23.0 Å². The molecule has 0 aliphatic heterocycles. The highest BCUT2D eigenvalue weighted by Gasteiger charge is 2.08. The predicted octanol–water partition coefficient (Wildman–Crippen LogP) is 1.22. The van der Waals surface area contributed by atoms with Gasteiger partial charge in [-0.3, -0.25) is 9.59 Å². The van der Waals surface area contributed by atoms with Crippen molar-refractivity contribution in [2.75, 3.05) is 5.32 Å². The zero-order chi connectivity index (χ0) is 14.5. The second-order valence-corrected chi connectivity index (χ2v) is 4.03. The molecule has 1 aromatic carbocycles. The number of carbonyl (C=O) groups excluding carboxylic acids is 1. The second kappa shape index (κ2) is 5.79. The summed E-state index contributed by atoms with van der Waals surface area (Å²) in [5.74, 6) is -0.447. The van der Waals surface area contributed by atoms with E-state index in [-0.39, 0.29) is 11.3 Å². The van der Waals surface area contributed by atoms with Crippen LogP contribution in [0.5, 0.6) is 0 Å². The lowest BCUT2D eigenvalue weighted by Crippen LogP contribution is -2.17. The molecule has 0 saturated heterocycles. The Bertz CT molecular complexity index is 701. The number of benzene rings is 1. The average Bonchev–Trinajstić information content (AvgIpc) is 2.47. The van der Waals surface area contributed by atoms with Crippen molar-refractivity contribution in [2.24, 2.45) is 5.16 Å². The van der Waals surface area contributed by atoms with Crippen LogP contribution in [0.15, 0.2) is 46.3 Å². The molecular formula is C13H12N4O3. The lowest BCUT2D eigenvalue weighted by molar-refractivity contribution is 0.102. The lowest BCUT2D eigenvalue weighted by Gasteiger charge is -2.06. The first-order chi connectivity index (χ1) is 9.60. The summed E-state index contributed by atoms with van der Waals surface area (Å²) in [7, 11) is 0. The number of oxime groups is 1. The Balaban J connectivity index is 2.19. The molecule has 0 atom stereocenters. The summed E-state index contributed by atoms with van der Waals surface area (Å²) >= 11 is 0. The Labute approximate surface area is 114 Å². The lowest BCUT2D eigenvalue weighted by atomic mass is 10.1. The van der Waals surface area contributed by atoms with Crippen molar-refractivity contribution in [3.05, 3.63) is 58.0 Å². The van der Waals surface area contributed by atoms with Crippen LogP contribution in [0.25, 0.3) is 0 Å². The van der Waals surface area contributed by atoms with Crippen molar-refractivity contribution in [3.8, 4) is 0 Å². The summed E-state index contributed by atoms with van der Waals surface area (Å²) in [6, 6.07) is 9.39. The van der Waals surface area contributed by atoms with Crippen molar-refractivity contribution >= 4 is 17.3 Å². The molecule has 2 aromatic rings. The fourth-order valence-electron chi connectivity index (χ4n) is 1.55. The fourth-order valence-corrected chi connectivity index (χ4v) is 1.55. The van der Waals surface area contributed by atoms with E-state index in [1.165, 1.54) is 12.1 Å². The standard InChI is InChI=1S/C13H12N4O3/c1-8(17-20)9-3-2-4-10(7-9)14-13(19)11-5-6-12(18)16-15-11/h2-7,20H,1H3,(H,14,19)(H,16,18)/b17-8-. The number of H-pyrrole nitrogens is 1. The van der Waals surface area contributed by atoms with Gasteiger partial charge >= 0.3 is 0 Å². The summed E-state index contributed by atoms with van der Waals surface area (Å²) in [6.45, 7) is 1.64. The predicted molar refractivity (Wildman–Crippen MR) is 73.3 cm³/mol.